The second-order valence-electron chi connectivity index (χ2n) is 18.4. The van der Waals surface area contributed by atoms with Crippen molar-refractivity contribution >= 4 is 23.5 Å². The molecule has 1 aromatic carbocycles. The van der Waals surface area contributed by atoms with Gasteiger partial charge in [-0.2, -0.15) is 5.10 Å². The van der Waals surface area contributed by atoms with Crippen LogP contribution in [0.2, 0.25) is 0 Å². The minimum Gasteiger partial charge on any atom is -0.458 e. The molecule has 0 aliphatic carbocycles. The summed E-state index contributed by atoms with van der Waals surface area (Å²) >= 11 is 0. The van der Waals surface area contributed by atoms with Crippen LogP contribution >= 0.6 is 0 Å². The maximum Gasteiger partial charge on any atom is 0.410 e. The quantitative estimate of drug-likeness (QED) is 0.278. The molecule has 16 heteroatoms. The highest BCUT2D eigenvalue weighted by Gasteiger charge is 2.60. The Kier molecular flexibility index (Phi) is 13.6. The minimum absolute atomic E-state index is 0.00117. The fraction of sp³-hybridized carbons (Fsp3) is 0.711. The molecule has 0 unspecified atom stereocenters. The Labute approximate surface area is 359 Å². The molecule has 16 nitrogen and oxygen atoms in total. The predicted octanol–water partition coefficient (Wildman–Crippen LogP) is 5.03. The minimum atomic E-state index is -1.14. The molecule has 1 aromatic heterocycles. The number of rotatable bonds is 8. The number of carbonyl (C=O) groups excluding carboxylic acids is 2. The molecule has 0 saturated carbocycles. The molecule has 0 spiro atoms. The molecule has 0 radical (unpaired) electrons. The van der Waals surface area contributed by atoms with Crippen molar-refractivity contribution in [2.24, 2.45) is 33.8 Å². The number of ether oxygens (including phenoxy) is 6. The molecule has 4 fully saturated rings. The summed E-state index contributed by atoms with van der Waals surface area (Å²) in [5.41, 5.74) is 1.01. The van der Waals surface area contributed by atoms with Crippen LogP contribution in [0.5, 0.6) is 0 Å². The van der Waals surface area contributed by atoms with E-state index in [4.69, 9.17) is 38.3 Å². The fourth-order valence-electron chi connectivity index (χ4n) is 10.6. The summed E-state index contributed by atoms with van der Waals surface area (Å²) in [6.45, 7) is 16.8. The Bertz CT molecular complexity index is 1890. The van der Waals surface area contributed by atoms with Crippen LogP contribution in [0.15, 0.2) is 52.9 Å². The number of oxime groups is 1. The molecule has 6 heterocycles. The Balaban J connectivity index is 1.27. The van der Waals surface area contributed by atoms with E-state index in [1.807, 2.05) is 90.1 Å². The van der Waals surface area contributed by atoms with Crippen molar-refractivity contribution in [2.75, 3.05) is 40.4 Å². The van der Waals surface area contributed by atoms with E-state index in [1.165, 1.54) is 0 Å². The second-order valence-corrected chi connectivity index (χ2v) is 18.4. The Hall–Kier alpha value is -3.93. The zero-order valence-corrected chi connectivity index (χ0v) is 37.4. The van der Waals surface area contributed by atoms with Crippen molar-refractivity contribution in [2.45, 2.75) is 141 Å². The highest BCUT2D eigenvalue weighted by Crippen LogP contribution is 2.45. The van der Waals surface area contributed by atoms with Gasteiger partial charge in [-0.05, 0) is 90.7 Å². The van der Waals surface area contributed by atoms with Gasteiger partial charge in [0.25, 0.3) is 0 Å². The number of aliphatic hydroxyl groups excluding tert-OH is 1. The number of likely N-dealkylation sites (N-methyl/N-ethyl adjacent to an activating group) is 1. The third-order valence-corrected chi connectivity index (χ3v) is 13.7. The van der Waals surface area contributed by atoms with Crippen LogP contribution in [0.4, 0.5) is 4.79 Å². The molecule has 4 saturated heterocycles. The average Bonchev–Trinajstić information content (AvgIpc) is 3.81. The lowest BCUT2D eigenvalue weighted by Gasteiger charge is -2.48. The topological polar surface area (TPSA) is 168 Å². The number of cyclic esters (lactones) is 1. The summed E-state index contributed by atoms with van der Waals surface area (Å²) in [7, 11) is 3.88. The van der Waals surface area contributed by atoms with Crippen LogP contribution < -0.4 is 0 Å². The van der Waals surface area contributed by atoms with Crippen LogP contribution in [0, 0.1) is 23.7 Å². The summed E-state index contributed by atoms with van der Waals surface area (Å²) < 4.78 is 41.7. The number of aliphatic imine (C=N–C) groups is 1. The van der Waals surface area contributed by atoms with Crippen molar-refractivity contribution in [1.82, 2.24) is 19.6 Å². The van der Waals surface area contributed by atoms with Crippen LogP contribution in [-0.4, -0.2) is 149 Å². The zero-order chi connectivity index (χ0) is 43.8. The number of aliphatic hydroxyl groups is 1. The zero-order valence-electron chi connectivity index (χ0n) is 37.4. The summed E-state index contributed by atoms with van der Waals surface area (Å²) in [4.78, 5) is 43.0. The van der Waals surface area contributed by atoms with Gasteiger partial charge in [0.15, 0.2) is 11.9 Å². The van der Waals surface area contributed by atoms with E-state index in [2.05, 4.69) is 24.1 Å². The molecule has 5 aliphatic heterocycles. The maximum absolute atomic E-state index is 14.6. The standard InChI is InChI=1S/C45H66N6O10/c1-11-35-45(8)39-28(4)36(46-18-20-50(39)43(54)61-45)26(2)22-44(7)40(60-42-37(52)34(49(9)10)21-27(3)58-42)29(5)38(30(6)41(53)59-35)55-24-32(25-56-44)48-57-23-31-13-15-33(16-14-31)51-19-12-17-47-51/h12-17,19,26-30,34-35,37-40,42,52H,11,18,20-25H2,1-10H3/t26-,27+,28+,29-,30-,34-,35+,37+,38+,39-,40+,42-,44-,45-/m1/s1. The van der Waals surface area contributed by atoms with Crippen molar-refractivity contribution in [3.05, 3.63) is 48.3 Å². The number of fused-ring (bicyclic) bond motifs is 4. The molecule has 4 bridgehead atoms. The summed E-state index contributed by atoms with van der Waals surface area (Å²) in [5.74, 6) is -2.25. The first-order valence-electron chi connectivity index (χ1n) is 22.0. The van der Waals surface area contributed by atoms with E-state index < -0.39 is 71.8 Å². The first-order chi connectivity index (χ1) is 29.0. The van der Waals surface area contributed by atoms with Crippen LogP contribution in [0.25, 0.3) is 5.69 Å². The van der Waals surface area contributed by atoms with Gasteiger partial charge in [-0.1, -0.05) is 45.0 Å². The van der Waals surface area contributed by atoms with E-state index in [9.17, 15) is 14.7 Å². The van der Waals surface area contributed by atoms with Crippen molar-refractivity contribution in [1.29, 1.82) is 0 Å². The van der Waals surface area contributed by atoms with E-state index in [0.717, 1.165) is 17.0 Å². The monoisotopic (exact) mass is 850 g/mol. The Morgan fingerprint density at radius 2 is 1.80 bits per heavy atom. The number of esters is 1. The first-order valence-corrected chi connectivity index (χ1v) is 22.0. The van der Waals surface area contributed by atoms with Crippen LogP contribution in [-0.2, 0) is 44.7 Å². The lowest BCUT2D eigenvalue weighted by molar-refractivity contribution is -0.302. The molecular formula is C45H66N6O10. The maximum atomic E-state index is 14.6. The molecule has 1 N–H and O–H groups in total. The molecule has 7 rings (SSSR count). The molecule has 1 amide bonds. The van der Waals surface area contributed by atoms with E-state index in [-0.39, 0.29) is 43.8 Å². The van der Waals surface area contributed by atoms with Gasteiger partial charge in [0.05, 0.1) is 61.3 Å². The SMILES string of the molecule is CC[C@@H]1OC(=O)[C@H](C)[C@H]2OCC(=NOCc3ccc(-n4cccn4)cc3)CO[C@](C)(C[C@@H](C)C3=NCCN4C(=O)O[C@@]1(C)[C@H]4[C@H]3C)[C@@H](O[C@H]1O[C@@H](C)C[C@@H](N(C)C)[C@@H]1O)[C@@H]2C. The third kappa shape index (κ3) is 9.12. The Morgan fingerprint density at radius 1 is 1.05 bits per heavy atom. The van der Waals surface area contributed by atoms with E-state index in [0.29, 0.717) is 38.1 Å². The largest absolute Gasteiger partial charge is 0.458 e. The summed E-state index contributed by atoms with van der Waals surface area (Å²) in [6, 6.07) is 9.07. The molecule has 14 atom stereocenters. The summed E-state index contributed by atoms with van der Waals surface area (Å²) in [5, 5.41) is 20.7. The summed E-state index contributed by atoms with van der Waals surface area (Å²) in [6.07, 6.45) is 0.173. The van der Waals surface area contributed by atoms with Gasteiger partial charge >= 0.3 is 12.1 Å². The number of hydrogen-bond donors (Lipinski definition) is 1. The van der Waals surface area contributed by atoms with Gasteiger partial charge in [0.1, 0.15) is 24.5 Å². The van der Waals surface area contributed by atoms with Crippen LogP contribution in [0.1, 0.15) is 80.2 Å². The van der Waals surface area contributed by atoms with Gasteiger partial charge in [-0.15, -0.1) is 0 Å². The lowest BCUT2D eigenvalue weighted by Crippen LogP contribution is -2.60. The average molecular weight is 851 g/mol. The number of nitrogens with zero attached hydrogens (tertiary/aromatic N) is 6. The van der Waals surface area contributed by atoms with Gasteiger partial charge in [-0.25, -0.2) is 9.48 Å². The molecular weight excluding hydrogens is 785 g/mol. The highest BCUT2D eigenvalue weighted by atomic mass is 16.7. The number of hydrogen-bond acceptors (Lipinski definition) is 14. The van der Waals surface area contributed by atoms with Gasteiger partial charge in [0.2, 0.25) is 0 Å². The highest BCUT2D eigenvalue weighted by molar-refractivity contribution is 5.91. The van der Waals surface area contributed by atoms with Crippen molar-refractivity contribution in [3.63, 3.8) is 0 Å². The van der Waals surface area contributed by atoms with Gasteiger partial charge in [-0.3, -0.25) is 14.7 Å². The predicted molar refractivity (Wildman–Crippen MR) is 226 cm³/mol. The smallest absolute Gasteiger partial charge is 0.410 e. The van der Waals surface area contributed by atoms with Gasteiger partial charge in [0, 0.05) is 42.5 Å². The van der Waals surface area contributed by atoms with Crippen molar-refractivity contribution < 1.29 is 48.0 Å². The van der Waals surface area contributed by atoms with Gasteiger partial charge < -0.3 is 43.3 Å². The lowest BCUT2D eigenvalue weighted by atomic mass is 9.72. The number of carbonyl (C=O) groups is 2. The normalized spacial score (nSPS) is 39.4. The van der Waals surface area contributed by atoms with Crippen molar-refractivity contribution in [3.8, 4) is 5.69 Å². The number of benzene rings is 1. The molecule has 336 valence electrons. The Morgan fingerprint density at radius 3 is 2.49 bits per heavy atom. The molecule has 5 aliphatic rings. The third-order valence-electron chi connectivity index (χ3n) is 13.7. The number of amides is 1. The number of aromatic nitrogens is 2. The van der Waals surface area contributed by atoms with E-state index in [1.54, 1.807) is 22.7 Å². The first kappa shape index (κ1) is 45.1. The fourth-order valence-corrected chi connectivity index (χ4v) is 10.6. The molecule has 2 aromatic rings. The second kappa shape index (κ2) is 18.4. The van der Waals surface area contributed by atoms with Crippen LogP contribution in [0.3, 0.4) is 0 Å². The van der Waals surface area contributed by atoms with E-state index >= 15 is 0 Å². The molecule has 61 heavy (non-hydrogen) atoms.